The van der Waals surface area contributed by atoms with E-state index in [-0.39, 0.29) is 16.5 Å². The molecule has 2 aliphatic rings. The number of hydrogen-bond acceptors (Lipinski definition) is 5. The summed E-state index contributed by atoms with van der Waals surface area (Å²) in [6.45, 7) is 6.81. The Bertz CT molecular complexity index is 833. The largest absolute Gasteiger partial charge is 0.270 e. The Labute approximate surface area is 134 Å². The van der Waals surface area contributed by atoms with E-state index in [9.17, 15) is 10.1 Å². The molecule has 118 valence electrons. The molecule has 6 nitrogen and oxygen atoms in total. The lowest BCUT2D eigenvalue weighted by atomic mass is 9.70. The van der Waals surface area contributed by atoms with Crippen LogP contribution < -0.4 is 0 Å². The van der Waals surface area contributed by atoms with Gasteiger partial charge in [0.05, 0.1) is 16.3 Å². The maximum absolute atomic E-state index is 11.0. The van der Waals surface area contributed by atoms with E-state index in [0.29, 0.717) is 17.3 Å². The fourth-order valence-corrected chi connectivity index (χ4v) is 4.26. The highest BCUT2D eigenvalue weighted by Crippen LogP contribution is 2.66. The van der Waals surface area contributed by atoms with Crippen LogP contribution >= 0.6 is 0 Å². The molecule has 0 spiro atoms. The third-order valence-corrected chi connectivity index (χ3v) is 6.11. The maximum atomic E-state index is 11.0. The van der Waals surface area contributed by atoms with Gasteiger partial charge in [-0.3, -0.25) is 10.1 Å². The van der Waals surface area contributed by atoms with Gasteiger partial charge in [-0.2, -0.15) is 5.10 Å². The quantitative estimate of drug-likeness (QED) is 0.625. The van der Waals surface area contributed by atoms with Crippen LogP contribution in [-0.2, 0) is 5.41 Å². The van der Waals surface area contributed by atoms with Crippen LogP contribution in [0.4, 0.5) is 5.69 Å². The molecule has 23 heavy (non-hydrogen) atoms. The first-order chi connectivity index (χ1) is 10.8. The van der Waals surface area contributed by atoms with Crippen LogP contribution in [0.5, 0.6) is 0 Å². The van der Waals surface area contributed by atoms with Crippen molar-refractivity contribution in [3.05, 3.63) is 45.8 Å². The number of nitro groups is 1. The van der Waals surface area contributed by atoms with Gasteiger partial charge in [0, 0.05) is 29.0 Å². The van der Waals surface area contributed by atoms with Gasteiger partial charge in [0.1, 0.15) is 0 Å². The molecular formula is C17H18N4O2. The topological polar surface area (TPSA) is 81.8 Å². The predicted molar refractivity (Wildman–Crippen MR) is 85.0 cm³/mol. The van der Waals surface area contributed by atoms with Gasteiger partial charge in [-0.1, -0.05) is 32.9 Å². The van der Waals surface area contributed by atoms with Gasteiger partial charge in [-0.15, -0.1) is 5.10 Å². The van der Waals surface area contributed by atoms with Gasteiger partial charge in [0.15, 0.2) is 5.82 Å². The molecule has 2 unspecified atom stereocenters. The first-order valence-corrected chi connectivity index (χ1v) is 7.84. The van der Waals surface area contributed by atoms with Crippen LogP contribution in [0, 0.1) is 15.5 Å². The summed E-state index contributed by atoms with van der Waals surface area (Å²) in [7, 11) is 0. The Morgan fingerprint density at radius 2 is 2.04 bits per heavy atom. The Balaban J connectivity index is 1.84. The van der Waals surface area contributed by atoms with Crippen LogP contribution in [0.25, 0.3) is 11.4 Å². The highest BCUT2D eigenvalue weighted by Gasteiger charge is 2.61. The van der Waals surface area contributed by atoms with Crippen molar-refractivity contribution in [3.63, 3.8) is 0 Å². The van der Waals surface area contributed by atoms with E-state index in [1.54, 1.807) is 12.1 Å². The Morgan fingerprint density at radius 3 is 2.78 bits per heavy atom. The Morgan fingerprint density at radius 1 is 1.26 bits per heavy atom. The van der Waals surface area contributed by atoms with E-state index in [0.717, 1.165) is 24.2 Å². The van der Waals surface area contributed by atoms with Crippen LogP contribution in [0.1, 0.15) is 50.9 Å². The standard InChI is InChI=1S/C17H18N4O2/c1-16(2)12-7-8-17(16,3)14-13(12)19-20-15(18-14)10-5-4-6-11(9-10)21(22)23/h4-6,9,12H,7-8H2,1-3H3. The van der Waals surface area contributed by atoms with Crippen LogP contribution in [0.3, 0.4) is 0 Å². The van der Waals surface area contributed by atoms with Crippen molar-refractivity contribution >= 4 is 5.69 Å². The summed E-state index contributed by atoms with van der Waals surface area (Å²) in [5.41, 5.74) is 2.84. The second kappa shape index (κ2) is 4.34. The number of nitro benzene ring substituents is 1. The lowest BCUT2D eigenvalue weighted by Crippen LogP contribution is -2.32. The molecule has 1 aromatic heterocycles. The minimum atomic E-state index is -0.406. The zero-order valence-corrected chi connectivity index (χ0v) is 13.4. The molecule has 2 aliphatic carbocycles. The molecule has 2 aromatic rings. The fraction of sp³-hybridized carbons (Fsp3) is 0.471. The van der Waals surface area contributed by atoms with E-state index >= 15 is 0 Å². The van der Waals surface area contributed by atoms with Gasteiger partial charge in [-0.05, 0) is 18.3 Å². The first kappa shape index (κ1) is 14.2. The highest BCUT2D eigenvalue weighted by atomic mass is 16.6. The molecule has 0 amide bonds. The lowest BCUT2D eigenvalue weighted by molar-refractivity contribution is -0.384. The van der Waals surface area contributed by atoms with Crippen LogP contribution in [-0.4, -0.2) is 20.1 Å². The van der Waals surface area contributed by atoms with Crippen LogP contribution in [0.2, 0.25) is 0 Å². The summed E-state index contributed by atoms with van der Waals surface area (Å²) in [5, 5.41) is 19.7. The second-order valence-electron chi connectivity index (χ2n) is 7.32. The molecule has 0 N–H and O–H groups in total. The molecule has 1 fully saturated rings. The number of fused-ring (bicyclic) bond motifs is 5. The van der Waals surface area contributed by atoms with Crippen molar-refractivity contribution in [1.82, 2.24) is 15.2 Å². The summed E-state index contributed by atoms with van der Waals surface area (Å²) in [6, 6.07) is 6.42. The average Bonchev–Trinajstić information content (AvgIpc) is 2.86. The van der Waals surface area contributed by atoms with E-state index in [1.165, 1.54) is 12.1 Å². The average molecular weight is 310 g/mol. The number of non-ortho nitro benzene ring substituents is 1. The third kappa shape index (κ3) is 1.72. The van der Waals surface area contributed by atoms with Gasteiger partial charge in [-0.25, -0.2) is 4.98 Å². The first-order valence-electron chi connectivity index (χ1n) is 7.84. The molecule has 1 aromatic carbocycles. The van der Waals surface area contributed by atoms with Gasteiger partial charge < -0.3 is 0 Å². The van der Waals surface area contributed by atoms with Crippen molar-refractivity contribution in [2.75, 3.05) is 0 Å². The summed E-state index contributed by atoms with van der Waals surface area (Å²) in [4.78, 5) is 15.3. The monoisotopic (exact) mass is 310 g/mol. The summed E-state index contributed by atoms with van der Waals surface area (Å²) < 4.78 is 0. The Hall–Kier alpha value is -2.37. The molecule has 6 heteroatoms. The zero-order valence-electron chi connectivity index (χ0n) is 13.4. The number of nitrogens with zero attached hydrogens (tertiary/aromatic N) is 4. The Kier molecular flexibility index (Phi) is 2.69. The number of hydrogen-bond donors (Lipinski definition) is 0. The normalized spacial score (nSPS) is 27.0. The second-order valence-corrected chi connectivity index (χ2v) is 7.32. The van der Waals surface area contributed by atoms with Crippen molar-refractivity contribution in [1.29, 1.82) is 0 Å². The molecule has 1 heterocycles. The van der Waals surface area contributed by atoms with E-state index in [2.05, 4.69) is 31.0 Å². The van der Waals surface area contributed by atoms with Crippen LogP contribution in [0.15, 0.2) is 24.3 Å². The third-order valence-electron chi connectivity index (χ3n) is 6.11. The van der Waals surface area contributed by atoms with E-state index in [4.69, 9.17) is 4.98 Å². The summed E-state index contributed by atoms with van der Waals surface area (Å²) >= 11 is 0. The molecule has 4 rings (SSSR count). The highest BCUT2D eigenvalue weighted by molar-refractivity contribution is 5.59. The maximum Gasteiger partial charge on any atom is 0.270 e. The van der Waals surface area contributed by atoms with Crippen molar-refractivity contribution in [3.8, 4) is 11.4 Å². The molecule has 0 radical (unpaired) electrons. The summed E-state index contributed by atoms with van der Waals surface area (Å²) in [5.74, 6) is 0.874. The molecule has 2 atom stereocenters. The van der Waals surface area contributed by atoms with Crippen molar-refractivity contribution in [2.45, 2.75) is 44.9 Å². The minimum absolute atomic E-state index is 0.00158. The van der Waals surface area contributed by atoms with E-state index in [1.807, 2.05) is 0 Å². The van der Waals surface area contributed by atoms with Crippen molar-refractivity contribution in [2.24, 2.45) is 5.41 Å². The molecule has 0 aliphatic heterocycles. The van der Waals surface area contributed by atoms with Crippen molar-refractivity contribution < 1.29 is 4.92 Å². The number of benzene rings is 1. The number of aromatic nitrogens is 3. The smallest absolute Gasteiger partial charge is 0.258 e. The molecular weight excluding hydrogens is 292 g/mol. The summed E-state index contributed by atoms with van der Waals surface area (Å²) in [6.07, 6.45) is 2.23. The lowest BCUT2D eigenvalue weighted by Gasteiger charge is -2.34. The van der Waals surface area contributed by atoms with Gasteiger partial charge in [0.2, 0.25) is 0 Å². The van der Waals surface area contributed by atoms with E-state index < -0.39 is 4.92 Å². The van der Waals surface area contributed by atoms with Gasteiger partial charge >= 0.3 is 0 Å². The fourth-order valence-electron chi connectivity index (χ4n) is 4.26. The molecule has 0 saturated heterocycles. The minimum Gasteiger partial charge on any atom is -0.258 e. The molecule has 2 bridgehead atoms. The SMILES string of the molecule is CC12CCC(c3nnc(-c4cccc([N+](=O)[O-])c4)nc31)C2(C)C. The predicted octanol–water partition coefficient (Wildman–Crippen LogP) is 3.62. The molecule has 1 saturated carbocycles. The van der Waals surface area contributed by atoms with Gasteiger partial charge in [0.25, 0.3) is 5.69 Å². The zero-order chi connectivity index (χ0) is 16.4. The number of rotatable bonds is 2.